The highest BCUT2D eigenvalue weighted by atomic mass is 32.1. The second-order valence-corrected chi connectivity index (χ2v) is 4.83. The SMILES string of the molecule is NCc1ccc2nc(Cc3ccsc3)[nH]c2c1. The van der Waals surface area contributed by atoms with Gasteiger partial charge in [-0.3, -0.25) is 0 Å². The summed E-state index contributed by atoms with van der Waals surface area (Å²) < 4.78 is 0. The molecule has 1 aromatic carbocycles. The van der Waals surface area contributed by atoms with Gasteiger partial charge in [-0.15, -0.1) is 0 Å². The maximum absolute atomic E-state index is 5.62. The average Bonchev–Trinajstić information content (AvgIpc) is 2.96. The number of nitrogens with one attached hydrogen (secondary N) is 1. The fraction of sp³-hybridized carbons (Fsp3) is 0.154. The summed E-state index contributed by atoms with van der Waals surface area (Å²) in [6.45, 7) is 0.564. The maximum atomic E-state index is 5.62. The summed E-state index contributed by atoms with van der Waals surface area (Å²) in [4.78, 5) is 7.92. The van der Waals surface area contributed by atoms with Crippen LogP contribution >= 0.6 is 11.3 Å². The van der Waals surface area contributed by atoms with Gasteiger partial charge in [-0.2, -0.15) is 11.3 Å². The first kappa shape index (κ1) is 10.5. The van der Waals surface area contributed by atoms with Crippen LogP contribution < -0.4 is 5.73 Å². The van der Waals surface area contributed by atoms with Gasteiger partial charge in [0, 0.05) is 13.0 Å². The van der Waals surface area contributed by atoms with E-state index in [4.69, 9.17) is 5.73 Å². The van der Waals surface area contributed by atoms with E-state index in [0.29, 0.717) is 6.54 Å². The number of nitrogens with two attached hydrogens (primary N) is 1. The Balaban J connectivity index is 1.96. The number of aromatic nitrogens is 2. The number of benzene rings is 1. The molecule has 0 unspecified atom stereocenters. The summed E-state index contributed by atoms with van der Waals surface area (Å²) >= 11 is 1.71. The van der Waals surface area contributed by atoms with Gasteiger partial charge in [0.15, 0.2) is 0 Å². The van der Waals surface area contributed by atoms with E-state index in [-0.39, 0.29) is 0 Å². The lowest BCUT2D eigenvalue weighted by Crippen LogP contribution is -1.95. The maximum Gasteiger partial charge on any atom is 0.111 e. The molecule has 0 aliphatic heterocycles. The van der Waals surface area contributed by atoms with Crippen LogP contribution in [0.2, 0.25) is 0 Å². The molecule has 0 radical (unpaired) electrons. The van der Waals surface area contributed by atoms with E-state index in [1.54, 1.807) is 11.3 Å². The van der Waals surface area contributed by atoms with E-state index in [2.05, 4.69) is 32.9 Å². The van der Waals surface area contributed by atoms with Crippen molar-refractivity contribution in [1.29, 1.82) is 0 Å². The van der Waals surface area contributed by atoms with Crippen molar-refractivity contribution < 1.29 is 0 Å². The molecule has 0 atom stereocenters. The van der Waals surface area contributed by atoms with Crippen LogP contribution in [0.5, 0.6) is 0 Å². The zero-order chi connectivity index (χ0) is 11.7. The van der Waals surface area contributed by atoms with E-state index >= 15 is 0 Å². The lowest BCUT2D eigenvalue weighted by Gasteiger charge is -1.94. The molecule has 0 bridgehead atoms. The Bertz CT molecular complexity index is 625. The van der Waals surface area contributed by atoms with Crippen molar-refractivity contribution in [3.8, 4) is 0 Å². The number of hydrogen-bond donors (Lipinski definition) is 2. The van der Waals surface area contributed by atoms with E-state index in [9.17, 15) is 0 Å². The Hall–Kier alpha value is -1.65. The predicted molar refractivity (Wildman–Crippen MR) is 71.1 cm³/mol. The van der Waals surface area contributed by atoms with Crippen molar-refractivity contribution in [3.05, 3.63) is 52.0 Å². The molecule has 3 aromatic rings. The van der Waals surface area contributed by atoms with Crippen molar-refractivity contribution in [2.45, 2.75) is 13.0 Å². The van der Waals surface area contributed by atoms with Crippen LogP contribution in [-0.2, 0) is 13.0 Å². The van der Waals surface area contributed by atoms with Crippen molar-refractivity contribution >= 4 is 22.4 Å². The van der Waals surface area contributed by atoms with Crippen LogP contribution in [0.4, 0.5) is 0 Å². The molecule has 3 rings (SSSR count). The monoisotopic (exact) mass is 243 g/mol. The number of imidazole rings is 1. The van der Waals surface area contributed by atoms with Gasteiger partial charge in [0.1, 0.15) is 5.82 Å². The topological polar surface area (TPSA) is 54.7 Å². The number of H-pyrrole nitrogens is 1. The zero-order valence-corrected chi connectivity index (χ0v) is 10.1. The average molecular weight is 243 g/mol. The first-order valence-electron chi connectivity index (χ1n) is 5.54. The molecule has 0 saturated carbocycles. The van der Waals surface area contributed by atoms with Gasteiger partial charge in [-0.25, -0.2) is 4.98 Å². The number of fused-ring (bicyclic) bond motifs is 1. The van der Waals surface area contributed by atoms with E-state index < -0.39 is 0 Å². The normalized spacial score (nSPS) is 11.1. The zero-order valence-electron chi connectivity index (χ0n) is 9.31. The molecular formula is C13H13N3S. The van der Waals surface area contributed by atoms with Crippen LogP contribution in [0.1, 0.15) is 17.0 Å². The molecule has 0 amide bonds. The lowest BCUT2D eigenvalue weighted by atomic mass is 10.2. The standard InChI is InChI=1S/C13H13N3S/c14-7-9-1-2-11-12(5-9)16-13(15-11)6-10-3-4-17-8-10/h1-5,8H,6-7,14H2,(H,15,16). The molecule has 3 N–H and O–H groups in total. The van der Waals surface area contributed by atoms with E-state index in [1.807, 2.05) is 12.1 Å². The molecule has 2 heterocycles. The third-order valence-electron chi connectivity index (χ3n) is 2.78. The molecule has 0 aliphatic carbocycles. The number of rotatable bonds is 3. The Morgan fingerprint density at radius 2 is 2.18 bits per heavy atom. The highest BCUT2D eigenvalue weighted by molar-refractivity contribution is 7.07. The summed E-state index contributed by atoms with van der Waals surface area (Å²) in [6.07, 6.45) is 0.857. The van der Waals surface area contributed by atoms with E-state index in [1.165, 1.54) is 5.56 Å². The summed E-state index contributed by atoms with van der Waals surface area (Å²) in [6, 6.07) is 8.24. The van der Waals surface area contributed by atoms with Crippen LogP contribution in [-0.4, -0.2) is 9.97 Å². The third kappa shape index (κ3) is 2.09. The minimum absolute atomic E-state index is 0.564. The second-order valence-electron chi connectivity index (χ2n) is 4.05. The quantitative estimate of drug-likeness (QED) is 0.743. The van der Waals surface area contributed by atoms with Gasteiger partial charge in [-0.1, -0.05) is 6.07 Å². The lowest BCUT2D eigenvalue weighted by molar-refractivity contribution is 1.04. The van der Waals surface area contributed by atoms with Gasteiger partial charge >= 0.3 is 0 Å². The Morgan fingerprint density at radius 1 is 1.24 bits per heavy atom. The van der Waals surface area contributed by atoms with Crippen molar-refractivity contribution in [3.63, 3.8) is 0 Å². The fourth-order valence-electron chi connectivity index (χ4n) is 1.91. The van der Waals surface area contributed by atoms with Crippen molar-refractivity contribution in [2.24, 2.45) is 5.73 Å². The molecule has 2 aromatic heterocycles. The van der Waals surface area contributed by atoms with Crippen LogP contribution in [0.3, 0.4) is 0 Å². The smallest absolute Gasteiger partial charge is 0.111 e. The predicted octanol–water partition coefficient (Wildman–Crippen LogP) is 2.67. The van der Waals surface area contributed by atoms with Crippen molar-refractivity contribution in [1.82, 2.24) is 9.97 Å². The number of thiophene rings is 1. The molecule has 4 heteroatoms. The Kier molecular flexibility index (Phi) is 2.66. The molecule has 3 nitrogen and oxygen atoms in total. The summed E-state index contributed by atoms with van der Waals surface area (Å²) in [5, 5.41) is 4.24. The fourth-order valence-corrected chi connectivity index (χ4v) is 2.58. The molecule has 0 fully saturated rings. The number of aromatic amines is 1. The molecule has 86 valence electrons. The third-order valence-corrected chi connectivity index (χ3v) is 3.51. The molecule has 0 saturated heterocycles. The van der Waals surface area contributed by atoms with Crippen LogP contribution in [0.25, 0.3) is 11.0 Å². The molecule has 0 spiro atoms. The Labute approximate surface area is 103 Å². The van der Waals surface area contributed by atoms with Crippen LogP contribution in [0.15, 0.2) is 35.0 Å². The van der Waals surface area contributed by atoms with Crippen LogP contribution in [0, 0.1) is 0 Å². The molecule has 0 aliphatic rings. The van der Waals surface area contributed by atoms with Gasteiger partial charge in [0.25, 0.3) is 0 Å². The van der Waals surface area contributed by atoms with Crippen molar-refractivity contribution in [2.75, 3.05) is 0 Å². The molecule has 17 heavy (non-hydrogen) atoms. The minimum atomic E-state index is 0.564. The summed E-state index contributed by atoms with van der Waals surface area (Å²) in [5.41, 5.74) is 10.1. The molecular weight excluding hydrogens is 230 g/mol. The van der Waals surface area contributed by atoms with Gasteiger partial charge in [0.2, 0.25) is 0 Å². The largest absolute Gasteiger partial charge is 0.342 e. The highest BCUT2D eigenvalue weighted by Crippen LogP contribution is 2.16. The van der Waals surface area contributed by atoms with Gasteiger partial charge in [0.05, 0.1) is 11.0 Å². The van der Waals surface area contributed by atoms with E-state index in [0.717, 1.165) is 28.8 Å². The number of hydrogen-bond acceptors (Lipinski definition) is 3. The van der Waals surface area contributed by atoms with Gasteiger partial charge < -0.3 is 10.7 Å². The Morgan fingerprint density at radius 3 is 2.94 bits per heavy atom. The highest BCUT2D eigenvalue weighted by Gasteiger charge is 2.04. The second kappa shape index (κ2) is 4.31. The first-order valence-corrected chi connectivity index (χ1v) is 6.48. The summed E-state index contributed by atoms with van der Waals surface area (Å²) in [7, 11) is 0. The first-order chi connectivity index (χ1) is 8.35. The minimum Gasteiger partial charge on any atom is -0.342 e. The summed E-state index contributed by atoms with van der Waals surface area (Å²) in [5.74, 6) is 1.01. The van der Waals surface area contributed by atoms with Gasteiger partial charge in [-0.05, 0) is 40.1 Å². The number of nitrogens with zero attached hydrogens (tertiary/aromatic N) is 1.